The smallest absolute Gasteiger partial charge is 0.238 e. The molecule has 3 heterocycles. The summed E-state index contributed by atoms with van der Waals surface area (Å²) in [7, 11) is 3.41. The molecule has 4 rings (SSSR count). The first-order valence-electron chi connectivity index (χ1n) is 9.44. The molecule has 1 fully saturated rings. The largest absolute Gasteiger partial charge is 0.334 e. The van der Waals surface area contributed by atoms with Gasteiger partial charge in [-0.3, -0.25) is 4.79 Å². The van der Waals surface area contributed by atoms with Crippen LogP contribution in [0.15, 0.2) is 18.5 Å². The van der Waals surface area contributed by atoms with Crippen LogP contribution in [0.1, 0.15) is 24.6 Å². The van der Waals surface area contributed by atoms with Crippen LogP contribution in [0.2, 0.25) is 0 Å². The first-order chi connectivity index (χ1) is 14.3. The van der Waals surface area contributed by atoms with Crippen LogP contribution in [0.3, 0.4) is 0 Å². The number of aromatic nitrogens is 4. The maximum atomic E-state index is 14.8. The molecule has 3 aromatic heterocycles. The van der Waals surface area contributed by atoms with Gasteiger partial charge in [0.05, 0.1) is 17.8 Å². The molecular formula is C20H19F2N7O. The maximum absolute atomic E-state index is 14.8. The molecule has 1 N–H and O–H groups in total. The molecule has 1 aliphatic rings. The first kappa shape index (κ1) is 19.7. The molecule has 0 saturated heterocycles. The van der Waals surface area contributed by atoms with E-state index in [0.29, 0.717) is 28.8 Å². The number of nitrogens with zero attached hydrogens (tertiary/aromatic N) is 6. The Labute approximate surface area is 171 Å². The molecule has 1 aliphatic carbocycles. The van der Waals surface area contributed by atoms with E-state index in [1.807, 2.05) is 13.0 Å². The van der Waals surface area contributed by atoms with Crippen molar-refractivity contribution in [2.45, 2.75) is 25.9 Å². The summed E-state index contributed by atoms with van der Waals surface area (Å²) in [5.41, 5.74) is 1.89. The van der Waals surface area contributed by atoms with Crippen LogP contribution in [0.4, 0.5) is 26.1 Å². The van der Waals surface area contributed by atoms with Crippen LogP contribution in [-0.2, 0) is 18.3 Å². The van der Waals surface area contributed by atoms with Gasteiger partial charge in [-0.25, -0.2) is 19.3 Å². The third kappa shape index (κ3) is 3.32. The fourth-order valence-corrected chi connectivity index (χ4v) is 3.37. The predicted octanol–water partition coefficient (Wildman–Crippen LogP) is 3.00. The lowest BCUT2D eigenvalue weighted by Gasteiger charge is -2.22. The van der Waals surface area contributed by atoms with Crippen LogP contribution in [-0.4, -0.2) is 38.6 Å². The van der Waals surface area contributed by atoms with Crippen molar-refractivity contribution in [3.63, 3.8) is 0 Å². The lowest BCUT2D eigenvalue weighted by Crippen LogP contribution is -2.20. The number of hydrogen-bond donors (Lipinski definition) is 1. The Bertz CT molecular complexity index is 1200. The number of halogens is 2. The number of pyridine rings is 2. The van der Waals surface area contributed by atoms with Crippen LogP contribution in [0.25, 0.3) is 11.0 Å². The minimum Gasteiger partial charge on any atom is -0.334 e. The number of anilines is 3. The number of fused-ring (bicyclic) bond motifs is 1. The van der Waals surface area contributed by atoms with Gasteiger partial charge in [-0.15, -0.1) is 0 Å². The summed E-state index contributed by atoms with van der Waals surface area (Å²) in [4.78, 5) is 26.2. The van der Waals surface area contributed by atoms with Gasteiger partial charge in [0.25, 0.3) is 0 Å². The number of hydrogen-bond acceptors (Lipinski definition) is 6. The van der Waals surface area contributed by atoms with Crippen LogP contribution in [0, 0.1) is 23.2 Å². The Morgan fingerprint density at radius 1 is 1.43 bits per heavy atom. The molecule has 10 heteroatoms. The van der Waals surface area contributed by atoms with Crippen molar-refractivity contribution < 1.29 is 13.6 Å². The SMILES string of the molecule is CCc1cc(C#N)nc(F)c1N(C)c1cc2c(ncn2C)c(NC(=O)[C@H]2C[C@H]2F)n1. The molecule has 0 aromatic carbocycles. The molecular weight excluding hydrogens is 392 g/mol. The van der Waals surface area contributed by atoms with E-state index in [0.717, 1.165) is 0 Å². The van der Waals surface area contributed by atoms with Crippen molar-refractivity contribution in [3.05, 3.63) is 35.7 Å². The average Bonchev–Trinajstić information content (AvgIpc) is 3.35. The van der Waals surface area contributed by atoms with Gasteiger partial charge in [-0.1, -0.05) is 6.92 Å². The summed E-state index contributed by atoms with van der Waals surface area (Å²) >= 11 is 0. The topological polar surface area (TPSA) is 99.7 Å². The van der Waals surface area contributed by atoms with E-state index in [9.17, 15) is 13.6 Å². The van der Waals surface area contributed by atoms with Crippen molar-refractivity contribution in [2.75, 3.05) is 17.3 Å². The van der Waals surface area contributed by atoms with Gasteiger partial charge in [0.2, 0.25) is 11.9 Å². The van der Waals surface area contributed by atoms with Gasteiger partial charge >= 0.3 is 0 Å². The number of aryl methyl sites for hydroxylation is 2. The number of carbonyl (C=O) groups is 1. The highest BCUT2D eigenvalue weighted by atomic mass is 19.1. The number of rotatable bonds is 5. The van der Waals surface area contributed by atoms with Crippen molar-refractivity contribution in [1.82, 2.24) is 19.5 Å². The highest BCUT2D eigenvalue weighted by molar-refractivity contribution is 6.01. The molecule has 0 radical (unpaired) electrons. The number of imidazole rings is 1. The molecule has 0 unspecified atom stereocenters. The summed E-state index contributed by atoms with van der Waals surface area (Å²) in [5, 5.41) is 11.7. The maximum Gasteiger partial charge on any atom is 0.238 e. The summed E-state index contributed by atoms with van der Waals surface area (Å²) in [6.45, 7) is 1.85. The number of alkyl halides is 1. The molecule has 1 saturated carbocycles. The standard InChI is InChI=1S/C20H19F2N7O/c1-4-10-5-11(8-23)25-18(22)17(10)29(3)15-7-14-16(24-9-28(14)2)19(26-15)27-20(30)12-6-13(12)21/h5,7,9,12-13H,4,6H2,1-3H3,(H,26,27,30)/t12-,13+/m0/s1. The molecule has 30 heavy (non-hydrogen) atoms. The lowest BCUT2D eigenvalue weighted by molar-refractivity contribution is -0.117. The number of nitrogens with one attached hydrogen (secondary N) is 1. The molecule has 0 spiro atoms. The minimum absolute atomic E-state index is 0.00490. The Hall–Kier alpha value is -3.61. The first-order valence-corrected chi connectivity index (χ1v) is 9.44. The Kier molecular flexibility index (Phi) is 4.81. The zero-order valence-corrected chi connectivity index (χ0v) is 16.6. The van der Waals surface area contributed by atoms with Crippen molar-refractivity contribution in [1.29, 1.82) is 5.26 Å². The second-order valence-electron chi connectivity index (χ2n) is 7.23. The number of amides is 1. The summed E-state index contributed by atoms with van der Waals surface area (Å²) in [5.74, 6) is -1.40. The zero-order chi connectivity index (χ0) is 21.6. The van der Waals surface area contributed by atoms with Crippen molar-refractivity contribution in [2.24, 2.45) is 13.0 Å². The Morgan fingerprint density at radius 2 is 2.17 bits per heavy atom. The molecule has 1 amide bonds. The van der Waals surface area contributed by atoms with E-state index in [4.69, 9.17) is 5.26 Å². The zero-order valence-electron chi connectivity index (χ0n) is 16.6. The van der Waals surface area contributed by atoms with E-state index in [1.165, 1.54) is 11.0 Å². The van der Waals surface area contributed by atoms with Gasteiger partial charge < -0.3 is 14.8 Å². The molecule has 8 nitrogen and oxygen atoms in total. The second-order valence-corrected chi connectivity index (χ2v) is 7.23. The van der Waals surface area contributed by atoms with E-state index in [1.54, 1.807) is 31.1 Å². The fourth-order valence-electron chi connectivity index (χ4n) is 3.37. The summed E-state index contributed by atoms with van der Waals surface area (Å²) in [6.07, 6.45) is 1.10. The molecule has 3 aromatic rings. The third-order valence-corrected chi connectivity index (χ3v) is 5.19. The highest BCUT2D eigenvalue weighted by Gasteiger charge is 2.44. The molecule has 0 bridgehead atoms. The second kappa shape index (κ2) is 7.33. The van der Waals surface area contributed by atoms with Crippen LogP contribution < -0.4 is 10.2 Å². The lowest BCUT2D eigenvalue weighted by atomic mass is 10.1. The van der Waals surface area contributed by atoms with E-state index >= 15 is 0 Å². The Balaban J connectivity index is 1.80. The van der Waals surface area contributed by atoms with Crippen LogP contribution >= 0.6 is 0 Å². The van der Waals surface area contributed by atoms with Gasteiger partial charge in [0, 0.05) is 20.2 Å². The van der Waals surface area contributed by atoms with Gasteiger partial charge in [0.1, 0.15) is 35.0 Å². The average molecular weight is 411 g/mol. The molecule has 0 aliphatic heterocycles. The number of nitriles is 1. The summed E-state index contributed by atoms with van der Waals surface area (Å²) < 4.78 is 29.8. The summed E-state index contributed by atoms with van der Waals surface area (Å²) in [6, 6.07) is 5.10. The van der Waals surface area contributed by atoms with E-state index in [2.05, 4.69) is 20.3 Å². The minimum atomic E-state index is -1.14. The van der Waals surface area contributed by atoms with Gasteiger partial charge in [-0.2, -0.15) is 9.65 Å². The van der Waals surface area contributed by atoms with Crippen molar-refractivity contribution >= 4 is 34.3 Å². The van der Waals surface area contributed by atoms with Gasteiger partial charge in [-0.05, 0) is 24.5 Å². The van der Waals surface area contributed by atoms with Crippen molar-refractivity contribution in [3.8, 4) is 6.07 Å². The quantitative estimate of drug-likeness (QED) is 0.648. The third-order valence-electron chi connectivity index (χ3n) is 5.19. The van der Waals surface area contributed by atoms with E-state index < -0.39 is 23.9 Å². The monoisotopic (exact) mass is 411 g/mol. The highest BCUT2D eigenvalue weighted by Crippen LogP contribution is 2.36. The van der Waals surface area contributed by atoms with E-state index in [-0.39, 0.29) is 23.6 Å². The Morgan fingerprint density at radius 3 is 2.80 bits per heavy atom. The van der Waals surface area contributed by atoms with Crippen LogP contribution in [0.5, 0.6) is 0 Å². The molecule has 154 valence electrons. The predicted molar refractivity (Wildman–Crippen MR) is 106 cm³/mol. The normalized spacial score (nSPS) is 17.6. The molecule has 2 atom stereocenters. The fraction of sp³-hybridized carbons (Fsp3) is 0.350. The van der Waals surface area contributed by atoms with Gasteiger partial charge in [0.15, 0.2) is 5.82 Å². The number of carbonyl (C=O) groups excluding carboxylic acids is 1.